The fraction of sp³-hybridized carbons (Fsp3) is 0.500. The average molecular weight is 261 g/mol. The molecule has 2 atom stereocenters. The summed E-state index contributed by atoms with van der Waals surface area (Å²) in [5.74, 6) is 0.858. The molecule has 5 heteroatoms. The van der Waals surface area contributed by atoms with Crippen molar-refractivity contribution in [2.24, 2.45) is 12.8 Å². The van der Waals surface area contributed by atoms with Gasteiger partial charge in [0.1, 0.15) is 12.4 Å². The molecule has 1 aromatic heterocycles. The van der Waals surface area contributed by atoms with E-state index in [1.165, 1.54) is 0 Å². The Morgan fingerprint density at radius 1 is 1.58 bits per heavy atom. The number of fused-ring (bicyclic) bond motifs is 3. The quantitative estimate of drug-likeness (QED) is 0.837. The SMILES string of the molecule is C[C@H](N)Cc1nn(C)c2ccc3c(c12)CC(O)CO3. The lowest BCUT2D eigenvalue weighted by atomic mass is 9.97. The zero-order valence-corrected chi connectivity index (χ0v) is 11.3. The van der Waals surface area contributed by atoms with Crippen molar-refractivity contribution < 1.29 is 9.84 Å². The van der Waals surface area contributed by atoms with Crippen molar-refractivity contribution in [1.82, 2.24) is 9.78 Å². The summed E-state index contributed by atoms with van der Waals surface area (Å²) in [4.78, 5) is 0. The molecule has 0 amide bonds. The van der Waals surface area contributed by atoms with Crippen LogP contribution >= 0.6 is 0 Å². The normalized spacial score (nSPS) is 20.1. The van der Waals surface area contributed by atoms with Crippen molar-refractivity contribution in [2.75, 3.05) is 6.61 Å². The van der Waals surface area contributed by atoms with Crippen LogP contribution in [0.2, 0.25) is 0 Å². The average Bonchev–Trinajstić information content (AvgIpc) is 2.65. The third-order valence-electron chi connectivity index (χ3n) is 3.54. The summed E-state index contributed by atoms with van der Waals surface area (Å²) in [5.41, 5.74) is 9.00. The van der Waals surface area contributed by atoms with E-state index in [-0.39, 0.29) is 6.04 Å². The Labute approximate surface area is 112 Å². The number of hydrogen-bond acceptors (Lipinski definition) is 4. The number of rotatable bonds is 2. The molecule has 0 radical (unpaired) electrons. The molecule has 2 heterocycles. The summed E-state index contributed by atoms with van der Waals surface area (Å²) in [5, 5.41) is 15.5. The Hall–Kier alpha value is -1.59. The van der Waals surface area contributed by atoms with E-state index in [0.717, 1.165) is 34.3 Å². The van der Waals surface area contributed by atoms with Gasteiger partial charge in [-0.3, -0.25) is 4.68 Å². The molecule has 0 spiro atoms. The van der Waals surface area contributed by atoms with E-state index in [1.807, 2.05) is 30.8 Å². The molecule has 0 saturated carbocycles. The highest BCUT2D eigenvalue weighted by atomic mass is 16.5. The summed E-state index contributed by atoms with van der Waals surface area (Å²) >= 11 is 0. The molecule has 1 aliphatic heterocycles. The van der Waals surface area contributed by atoms with Crippen LogP contribution in [0.25, 0.3) is 10.9 Å². The highest BCUT2D eigenvalue weighted by Gasteiger charge is 2.23. The number of aliphatic hydroxyl groups excluding tert-OH is 1. The van der Waals surface area contributed by atoms with E-state index >= 15 is 0 Å². The van der Waals surface area contributed by atoms with Crippen molar-refractivity contribution in [3.63, 3.8) is 0 Å². The number of nitrogens with zero attached hydrogens (tertiary/aromatic N) is 2. The van der Waals surface area contributed by atoms with Gasteiger partial charge in [-0.15, -0.1) is 0 Å². The Morgan fingerprint density at radius 3 is 3.11 bits per heavy atom. The summed E-state index contributed by atoms with van der Waals surface area (Å²) in [6.45, 7) is 2.34. The minimum Gasteiger partial charge on any atom is -0.491 e. The largest absolute Gasteiger partial charge is 0.491 e. The topological polar surface area (TPSA) is 73.3 Å². The van der Waals surface area contributed by atoms with Crippen molar-refractivity contribution in [2.45, 2.75) is 31.9 Å². The number of nitrogens with two attached hydrogens (primary N) is 1. The van der Waals surface area contributed by atoms with E-state index in [2.05, 4.69) is 5.10 Å². The highest BCUT2D eigenvalue weighted by Crippen LogP contribution is 2.34. The van der Waals surface area contributed by atoms with Gasteiger partial charge in [-0.25, -0.2) is 0 Å². The lowest BCUT2D eigenvalue weighted by molar-refractivity contribution is 0.0927. The second-order valence-corrected chi connectivity index (χ2v) is 5.36. The maximum atomic E-state index is 9.82. The van der Waals surface area contributed by atoms with E-state index in [1.54, 1.807) is 0 Å². The molecule has 0 aliphatic carbocycles. The van der Waals surface area contributed by atoms with Crippen LogP contribution in [0.5, 0.6) is 5.75 Å². The van der Waals surface area contributed by atoms with Gasteiger partial charge < -0.3 is 15.6 Å². The number of hydrogen-bond donors (Lipinski definition) is 2. The predicted octanol–water partition coefficient (Wildman–Crippen LogP) is 0.759. The molecule has 2 aromatic rings. The van der Waals surface area contributed by atoms with Crippen LogP contribution in [0, 0.1) is 0 Å². The van der Waals surface area contributed by atoms with Crippen molar-refractivity contribution in [3.05, 3.63) is 23.4 Å². The Balaban J connectivity index is 2.22. The van der Waals surface area contributed by atoms with Crippen molar-refractivity contribution >= 4 is 10.9 Å². The van der Waals surface area contributed by atoms with Crippen LogP contribution < -0.4 is 10.5 Å². The van der Waals surface area contributed by atoms with Crippen molar-refractivity contribution in [3.8, 4) is 5.75 Å². The number of aromatic nitrogens is 2. The smallest absolute Gasteiger partial charge is 0.123 e. The van der Waals surface area contributed by atoms with Crippen LogP contribution in [-0.2, 0) is 19.9 Å². The van der Waals surface area contributed by atoms with Crippen molar-refractivity contribution in [1.29, 1.82) is 0 Å². The molecule has 1 aromatic carbocycles. The second kappa shape index (κ2) is 4.51. The fourth-order valence-corrected chi connectivity index (χ4v) is 2.76. The molecule has 102 valence electrons. The fourth-order valence-electron chi connectivity index (χ4n) is 2.76. The first kappa shape index (κ1) is 12.4. The number of ether oxygens (including phenoxy) is 1. The van der Waals surface area contributed by atoms with Gasteiger partial charge in [0.25, 0.3) is 0 Å². The van der Waals surface area contributed by atoms with Gasteiger partial charge in [-0.1, -0.05) is 0 Å². The van der Waals surface area contributed by atoms with Gasteiger partial charge in [0.15, 0.2) is 0 Å². The third kappa shape index (κ3) is 2.09. The van der Waals surface area contributed by atoms with Crippen LogP contribution in [0.15, 0.2) is 12.1 Å². The Kier molecular flexibility index (Phi) is 2.95. The van der Waals surface area contributed by atoms with Gasteiger partial charge in [-0.05, 0) is 19.1 Å². The van der Waals surface area contributed by atoms with Crippen LogP contribution in [-0.4, -0.2) is 33.6 Å². The highest BCUT2D eigenvalue weighted by molar-refractivity contribution is 5.88. The molecule has 19 heavy (non-hydrogen) atoms. The van der Waals surface area contributed by atoms with Gasteiger partial charge in [0.2, 0.25) is 0 Å². The van der Waals surface area contributed by atoms with Crippen LogP contribution in [0.1, 0.15) is 18.2 Å². The molecule has 0 saturated heterocycles. The maximum absolute atomic E-state index is 9.82. The standard InChI is InChI=1S/C14H19N3O2/c1-8(15)5-11-14-10-6-9(18)7-19-13(10)4-3-12(14)17(2)16-11/h3-4,8-9,18H,5-7,15H2,1-2H3/t8-,9?/m0/s1. The summed E-state index contributed by atoms with van der Waals surface area (Å²) in [6.07, 6.45) is 0.898. The molecule has 0 bridgehead atoms. The van der Waals surface area contributed by atoms with Gasteiger partial charge in [0, 0.05) is 36.9 Å². The van der Waals surface area contributed by atoms with E-state index < -0.39 is 6.10 Å². The summed E-state index contributed by atoms with van der Waals surface area (Å²) < 4.78 is 7.46. The van der Waals surface area contributed by atoms with Gasteiger partial charge in [0.05, 0.1) is 17.3 Å². The molecule has 0 fully saturated rings. The summed E-state index contributed by atoms with van der Waals surface area (Å²) in [6, 6.07) is 4.04. The molecule has 1 unspecified atom stereocenters. The molecular weight excluding hydrogens is 242 g/mol. The summed E-state index contributed by atoms with van der Waals surface area (Å²) in [7, 11) is 1.93. The first-order chi connectivity index (χ1) is 9.06. The monoisotopic (exact) mass is 261 g/mol. The first-order valence-electron chi connectivity index (χ1n) is 6.60. The Morgan fingerprint density at radius 2 is 2.37 bits per heavy atom. The van der Waals surface area contributed by atoms with E-state index in [4.69, 9.17) is 10.5 Å². The molecule has 3 rings (SSSR count). The molecular formula is C14H19N3O2. The molecule has 5 nitrogen and oxygen atoms in total. The number of benzene rings is 1. The van der Waals surface area contributed by atoms with Crippen LogP contribution in [0.4, 0.5) is 0 Å². The predicted molar refractivity (Wildman–Crippen MR) is 73.3 cm³/mol. The molecule has 3 N–H and O–H groups in total. The van der Waals surface area contributed by atoms with E-state index in [9.17, 15) is 5.11 Å². The Bertz CT molecular complexity index is 619. The minimum atomic E-state index is -0.443. The number of aliphatic hydroxyl groups is 1. The van der Waals surface area contributed by atoms with Gasteiger partial charge >= 0.3 is 0 Å². The lowest BCUT2D eigenvalue weighted by Crippen LogP contribution is -2.25. The number of aryl methyl sites for hydroxylation is 1. The maximum Gasteiger partial charge on any atom is 0.123 e. The molecule has 1 aliphatic rings. The second-order valence-electron chi connectivity index (χ2n) is 5.36. The van der Waals surface area contributed by atoms with Crippen LogP contribution in [0.3, 0.4) is 0 Å². The first-order valence-corrected chi connectivity index (χ1v) is 6.60. The third-order valence-corrected chi connectivity index (χ3v) is 3.54. The zero-order chi connectivity index (χ0) is 13.6. The minimum absolute atomic E-state index is 0.0587. The lowest BCUT2D eigenvalue weighted by Gasteiger charge is -2.22. The van der Waals surface area contributed by atoms with E-state index in [0.29, 0.717) is 13.0 Å². The zero-order valence-electron chi connectivity index (χ0n) is 11.3. The van der Waals surface area contributed by atoms with Gasteiger partial charge in [-0.2, -0.15) is 5.10 Å².